The number of rotatable bonds is 5. The summed E-state index contributed by atoms with van der Waals surface area (Å²) in [6.07, 6.45) is 8.83. The molecule has 0 radical (unpaired) electrons. The zero-order valence-corrected chi connectivity index (χ0v) is 19.2. The van der Waals surface area contributed by atoms with Crippen LogP contribution >= 0.6 is 23.1 Å². The van der Waals surface area contributed by atoms with E-state index in [4.69, 9.17) is 10.1 Å². The Morgan fingerprint density at radius 1 is 1.12 bits per heavy atom. The molecule has 4 aromatic rings. The van der Waals surface area contributed by atoms with Crippen LogP contribution in [0, 0.1) is 0 Å². The molecule has 2 aliphatic rings. The maximum atomic E-state index is 13.2. The molecule has 1 aliphatic carbocycles. The van der Waals surface area contributed by atoms with E-state index in [0.29, 0.717) is 23.4 Å². The number of benzene rings is 1. The van der Waals surface area contributed by atoms with Crippen molar-refractivity contribution in [3.05, 3.63) is 58.0 Å². The summed E-state index contributed by atoms with van der Waals surface area (Å²) >= 11 is 3.43. The van der Waals surface area contributed by atoms with E-state index < -0.39 is 6.04 Å². The zero-order valence-electron chi connectivity index (χ0n) is 17.6. The van der Waals surface area contributed by atoms with Crippen LogP contribution in [-0.2, 0) is 12.8 Å². The first-order valence-electron chi connectivity index (χ1n) is 10.8. The minimum atomic E-state index is -0.515. The van der Waals surface area contributed by atoms with Crippen molar-refractivity contribution in [1.29, 1.82) is 0 Å². The molecule has 0 saturated carbocycles. The number of imide groups is 1. The Kier molecular flexibility index (Phi) is 4.76. The van der Waals surface area contributed by atoms with Crippen molar-refractivity contribution < 1.29 is 9.59 Å². The lowest BCUT2D eigenvalue weighted by Crippen LogP contribution is -2.35. The van der Waals surface area contributed by atoms with E-state index in [1.807, 2.05) is 6.26 Å². The van der Waals surface area contributed by atoms with Crippen LogP contribution in [-0.4, -0.2) is 48.3 Å². The minimum Gasteiger partial charge on any atom is -0.269 e. The molecular weight excluding hydrogens is 442 g/mol. The summed E-state index contributed by atoms with van der Waals surface area (Å²) in [5, 5.41) is 5.79. The average Bonchev–Trinajstić information content (AvgIpc) is 3.48. The Balaban J connectivity index is 1.49. The van der Waals surface area contributed by atoms with Gasteiger partial charge in [0.2, 0.25) is 0 Å². The smallest absolute Gasteiger partial charge is 0.262 e. The van der Waals surface area contributed by atoms with Crippen molar-refractivity contribution >= 4 is 50.8 Å². The van der Waals surface area contributed by atoms with Crippen molar-refractivity contribution in [3.8, 4) is 0 Å². The highest BCUT2D eigenvalue weighted by molar-refractivity contribution is 7.98. The largest absolute Gasteiger partial charge is 0.269 e. The Morgan fingerprint density at radius 2 is 1.88 bits per heavy atom. The van der Waals surface area contributed by atoms with E-state index in [0.717, 1.165) is 34.5 Å². The first-order chi connectivity index (χ1) is 15.7. The van der Waals surface area contributed by atoms with E-state index in [9.17, 15) is 9.59 Å². The van der Waals surface area contributed by atoms with Crippen molar-refractivity contribution in [1.82, 2.24) is 24.5 Å². The number of carbonyl (C=O) groups excluding carboxylic acids is 2. The summed E-state index contributed by atoms with van der Waals surface area (Å²) < 4.78 is 1.71. The van der Waals surface area contributed by atoms with Gasteiger partial charge in [-0.1, -0.05) is 12.1 Å². The normalized spacial score (nSPS) is 16.7. The fourth-order valence-corrected chi connectivity index (χ4v) is 6.49. The number of carbonyl (C=O) groups is 2. The Morgan fingerprint density at radius 3 is 2.62 bits per heavy atom. The van der Waals surface area contributed by atoms with Gasteiger partial charge in [0.15, 0.2) is 11.5 Å². The number of thioether (sulfide) groups is 1. The van der Waals surface area contributed by atoms with Crippen LogP contribution in [0.5, 0.6) is 0 Å². The predicted octanol–water partition coefficient (Wildman–Crippen LogP) is 4.31. The molecule has 1 aliphatic heterocycles. The molecule has 32 heavy (non-hydrogen) atoms. The molecule has 0 fully saturated rings. The van der Waals surface area contributed by atoms with Gasteiger partial charge in [-0.3, -0.25) is 14.5 Å². The highest BCUT2D eigenvalue weighted by atomic mass is 32.2. The molecule has 0 unspecified atom stereocenters. The molecule has 0 saturated heterocycles. The van der Waals surface area contributed by atoms with Gasteiger partial charge in [0.05, 0.1) is 16.5 Å². The Labute approximate surface area is 192 Å². The third-order valence-corrected chi connectivity index (χ3v) is 8.18. The number of nitrogens with zero attached hydrogens (tertiary/aromatic N) is 5. The molecule has 7 nitrogen and oxygen atoms in total. The van der Waals surface area contributed by atoms with Crippen molar-refractivity contribution in [2.24, 2.45) is 0 Å². The number of amides is 2. The second-order valence-corrected chi connectivity index (χ2v) is 10.3. The van der Waals surface area contributed by atoms with E-state index in [2.05, 4.69) is 4.98 Å². The number of thiophene rings is 1. The topological polar surface area (TPSA) is 80.5 Å². The van der Waals surface area contributed by atoms with Crippen LogP contribution < -0.4 is 0 Å². The summed E-state index contributed by atoms with van der Waals surface area (Å²) in [5.74, 6) is 0.742. The summed E-state index contributed by atoms with van der Waals surface area (Å²) in [6, 6.07) is 6.48. The summed E-state index contributed by atoms with van der Waals surface area (Å²) in [4.78, 5) is 39.7. The molecule has 3 aromatic heterocycles. The van der Waals surface area contributed by atoms with Crippen molar-refractivity contribution in [2.75, 3.05) is 12.0 Å². The molecular formula is C23H21N5O2S2. The summed E-state index contributed by atoms with van der Waals surface area (Å²) in [7, 11) is 0. The molecule has 0 spiro atoms. The van der Waals surface area contributed by atoms with Crippen molar-refractivity contribution in [3.63, 3.8) is 0 Å². The number of aromatic nitrogens is 4. The van der Waals surface area contributed by atoms with Gasteiger partial charge < -0.3 is 0 Å². The lowest BCUT2D eigenvalue weighted by Gasteiger charge is -2.23. The monoisotopic (exact) mass is 463 g/mol. The van der Waals surface area contributed by atoms with Gasteiger partial charge in [-0.15, -0.1) is 16.4 Å². The second-order valence-electron chi connectivity index (χ2n) is 8.20. The predicted molar refractivity (Wildman–Crippen MR) is 125 cm³/mol. The minimum absolute atomic E-state index is 0.272. The van der Waals surface area contributed by atoms with Gasteiger partial charge in [-0.25, -0.2) is 14.5 Å². The maximum Gasteiger partial charge on any atom is 0.262 e. The first kappa shape index (κ1) is 19.9. The van der Waals surface area contributed by atoms with Crippen LogP contribution in [0.1, 0.15) is 62.3 Å². The van der Waals surface area contributed by atoms with E-state index in [1.54, 1.807) is 58.2 Å². The fraction of sp³-hybridized carbons (Fsp3) is 0.348. The van der Waals surface area contributed by atoms with Gasteiger partial charge in [-0.05, 0) is 61.8 Å². The third-order valence-electron chi connectivity index (χ3n) is 6.34. The van der Waals surface area contributed by atoms with Gasteiger partial charge >= 0.3 is 0 Å². The summed E-state index contributed by atoms with van der Waals surface area (Å²) in [6.45, 7) is 0. The van der Waals surface area contributed by atoms with Crippen LogP contribution in [0.3, 0.4) is 0 Å². The van der Waals surface area contributed by atoms with Crippen LogP contribution in [0.4, 0.5) is 0 Å². The lowest BCUT2D eigenvalue weighted by atomic mass is 9.97. The van der Waals surface area contributed by atoms with Crippen molar-refractivity contribution in [2.45, 2.75) is 38.1 Å². The van der Waals surface area contributed by atoms with Gasteiger partial charge in [0, 0.05) is 4.88 Å². The van der Waals surface area contributed by atoms with E-state index in [1.165, 1.54) is 28.2 Å². The molecule has 2 amide bonds. The summed E-state index contributed by atoms with van der Waals surface area (Å²) in [5.41, 5.74) is 3.02. The van der Waals surface area contributed by atoms with E-state index in [-0.39, 0.29) is 11.8 Å². The third kappa shape index (κ3) is 2.91. The molecule has 162 valence electrons. The van der Waals surface area contributed by atoms with Gasteiger partial charge in [0.25, 0.3) is 11.8 Å². The molecule has 1 aromatic carbocycles. The van der Waals surface area contributed by atoms with Gasteiger partial charge in [-0.2, -0.15) is 11.8 Å². The molecule has 9 heteroatoms. The zero-order chi connectivity index (χ0) is 21.8. The quantitative estimate of drug-likeness (QED) is 0.410. The number of aryl methyl sites for hydroxylation is 2. The molecule has 1 atom stereocenters. The Hall–Kier alpha value is -2.78. The number of hydrogen-bond acceptors (Lipinski definition) is 7. The first-order valence-corrected chi connectivity index (χ1v) is 13.0. The highest BCUT2D eigenvalue weighted by Crippen LogP contribution is 2.38. The number of fused-ring (bicyclic) bond motifs is 6. The SMILES string of the molecule is CSCC[C@H](c1nc2c3c4c(sc3ncn2n1)CCCC4)N1C(=O)c2ccccc2C1=O. The van der Waals surface area contributed by atoms with Crippen LogP contribution in [0.15, 0.2) is 30.6 Å². The standard InChI is InChI=1S/C23H21N5O2S2/c1-31-11-10-16(28-22(29)13-6-2-3-7-14(13)23(28)30)19-25-20-18-15-8-4-5-9-17(15)32-21(18)24-12-27(20)26-19/h2-3,6-7,12,16H,4-5,8-11H2,1H3/t16-/m1/s1. The molecule has 6 rings (SSSR count). The molecule has 0 N–H and O–H groups in total. The highest BCUT2D eigenvalue weighted by Gasteiger charge is 2.41. The lowest BCUT2D eigenvalue weighted by molar-refractivity contribution is 0.0571. The average molecular weight is 464 g/mol. The van der Waals surface area contributed by atoms with Crippen LogP contribution in [0.25, 0.3) is 15.9 Å². The second kappa shape index (κ2) is 7.67. The van der Waals surface area contributed by atoms with E-state index >= 15 is 0 Å². The fourth-order valence-electron chi connectivity index (χ4n) is 4.81. The van der Waals surface area contributed by atoms with Gasteiger partial charge in [0.1, 0.15) is 17.2 Å². The maximum absolute atomic E-state index is 13.2. The van der Waals surface area contributed by atoms with Crippen LogP contribution in [0.2, 0.25) is 0 Å². The number of hydrogen-bond donors (Lipinski definition) is 0. The molecule has 4 heterocycles. The Bertz CT molecular complexity index is 1360. The molecule has 0 bridgehead atoms.